The lowest BCUT2D eigenvalue weighted by Gasteiger charge is -2.06. The highest BCUT2D eigenvalue weighted by Gasteiger charge is 2.13. The van der Waals surface area contributed by atoms with Gasteiger partial charge >= 0.3 is 0 Å². The summed E-state index contributed by atoms with van der Waals surface area (Å²) in [5, 5.41) is 9.27. The van der Waals surface area contributed by atoms with Gasteiger partial charge in [0.2, 0.25) is 11.0 Å². The molecule has 0 atom stereocenters. The van der Waals surface area contributed by atoms with Crippen LogP contribution in [0.25, 0.3) is 11.5 Å². The molecule has 148 valence electrons. The van der Waals surface area contributed by atoms with Gasteiger partial charge in [-0.3, -0.25) is 0 Å². The standard InChI is InChI=1S/C19H15ClFN5O2S/c20-13-3-1-12(2-4-13)18-23-15(9-28-18)11-29-19-25-24-17(26(19)22)10-27-16-7-5-14(21)6-8-16/h1-9H,10-11,22H2. The number of hydrogen-bond acceptors (Lipinski definition) is 7. The van der Waals surface area contributed by atoms with Crippen molar-refractivity contribution >= 4 is 23.4 Å². The second-order valence-electron chi connectivity index (χ2n) is 5.95. The summed E-state index contributed by atoms with van der Waals surface area (Å²) in [7, 11) is 0. The number of aromatic nitrogens is 4. The molecule has 0 spiro atoms. The molecule has 4 aromatic rings. The molecular formula is C19H15ClFN5O2S. The Morgan fingerprint density at radius 3 is 2.62 bits per heavy atom. The first kappa shape index (κ1) is 19.3. The molecule has 0 saturated heterocycles. The summed E-state index contributed by atoms with van der Waals surface area (Å²) in [6.45, 7) is 0.111. The minimum absolute atomic E-state index is 0.111. The second-order valence-corrected chi connectivity index (χ2v) is 7.33. The van der Waals surface area contributed by atoms with Crippen molar-refractivity contribution in [2.45, 2.75) is 17.5 Å². The first-order valence-corrected chi connectivity index (χ1v) is 9.86. The maximum Gasteiger partial charge on any atom is 0.226 e. The molecule has 29 heavy (non-hydrogen) atoms. The highest BCUT2D eigenvalue weighted by molar-refractivity contribution is 7.98. The van der Waals surface area contributed by atoms with Crippen molar-refractivity contribution in [2.75, 3.05) is 5.84 Å². The van der Waals surface area contributed by atoms with Crippen molar-refractivity contribution in [3.8, 4) is 17.2 Å². The Morgan fingerprint density at radius 2 is 1.86 bits per heavy atom. The predicted molar refractivity (Wildman–Crippen MR) is 107 cm³/mol. The van der Waals surface area contributed by atoms with Crippen LogP contribution in [0.1, 0.15) is 11.5 Å². The van der Waals surface area contributed by atoms with Gasteiger partial charge in [-0.2, -0.15) is 0 Å². The molecule has 2 N–H and O–H groups in total. The Balaban J connectivity index is 1.35. The Bertz CT molecular complexity index is 1100. The summed E-state index contributed by atoms with van der Waals surface area (Å²) in [5.74, 6) is 7.69. The van der Waals surface area contributed by atoms with Crippen LogP contribution in [0, 0.1) is 5.82 Å². The smallest absolute Gasteiger partial charge is 0.226 e. The fourth-order valence-electron chi connectivity index (χ4n) is 2.42. The van der Waals surface area contributed by atoms with E-state index in [0.29, 0.717) is 33.4 Å². The van der Waals surface area contributed by atoms with Crippen molar-refractivity contribution in [1.82, 2.24) is 19.9 Å². The van der Waals surface area contributed by atoms with E-state index in [1.807, 2.05) is 12.1 Å². The first-order chi connectivity index (χ1) is 14.1. The summed E-state index contributed by atoms with van der Waals surface area (Å²) in [6.07, 6.45) is 1.59. The quantitative estimate of drug-likeness (QED) is 0.344. The summed E-state index contributed by atoms with van der Waals surface area (Å²) in [5.41, 5.74) is 1.58. The van der Waals surface area contributed by atoms with Crippen LogP contribution in [0.4, 0.5) is 4.39 Å². The summed E-state index contributed by atoms with van der Waals surface area (Å²) in [6, 6.07) is 12.9. The number of benzene rings is 2. The molecule has 0 amide bonds. The summed E-state index contributed by atoms with van der Waals surface area (Å²) in [4.78, 5) is 4.46. The topological polar surface area (TPSA) is 92.0 Å². The van der Waals surface area contributed by atoms with Crippen LogP contribution in [0.2, 0.25) is 5.02 Å². The van der Waals surface area contributed by atoms with Gasteiger partial charge in [0.1, 0.15) is 24.4 Å². The molecule has 2 heterocycles. The fraction of sp³-hybridized carbons (Fsp3) is 0.105. The molecule has 0 radical (unpaired) electrons. The summed E-state index contributed by atoms with van der Waals surface area (Å²) < 4.78 is 25.4. The number of oxazole rings is 1. The largest absolute Gasteiger partial charge is 0.486 e. The fourth-order valence-corrected chi connectivity index (χ4v) is 3.30. The summed E-state index contributed by atoms with van der Waals surface area (Å²) >= 11 is 7.27. The average molecular weight is 432 g/mol. The second kappa shape index (κ2) is 8.54. The number of hydrogen-bond donors (Lipinski definition) is 1. The zero-order valence-corrected chi connectivity index (χ0v) is 16.5. The monoisotopic (exact) mass is 431 g/mol. The molecule has 0 fully saturated rings. The van der Waals surface area contributed by atoms with Crippen LogP contribution in [0.3, 0.4) is 0 Å². The van der Waals surface area contributed by atoms with E-state index in [1.54, 1.807) is 18.4 Å². The highest BCUT2D eigenvalue weighted by atomic mass is 35.5. The third-order valence-corrected chi connectivity index (χ3v) is 5.14. The van der Waals surface area contributed by atoms with Crippen molar-refractivity contribution in [3.63, 3.8) is 0 Å². The average Bonchev–Trinajstić information content (AvgIpc) is 3.33. The number of halogens is 2. The zero-order valence-electron chi connectivity index (χ0n) is 15.0. The molecular weight excluding hydrogens is 417 g/mol. The number of rotatable bonds is 7. The molecule has 4 rings (SSSR count). The SMILES string of the molecule is Nn1c(COc2ccc(F)cc2)nnc1SCc1coc(-c2ccc(Cl)cc2)n1. The lowest BCUT2D eigenvalue weighted by atomic mass is 10.2. The van der Waals surface area contributed by atoms with Crippen molar-refractivity contribution < 1.29 is 13.5 Å². The van der Waals surface area contributed by atoms with Crippen molar-refractivity contribution in [2.24, 2.45) is 0 Å². The van der Waals surface area contributed by atoms with E-state index < -0.39 is 0 Å². The van der Waals surface area contributed by atoms with Gasteiger partial charge < -0.3 is 15.0 Å². The van der Waals surface area contributed by atoms with Crippen LogP contribution in [-0.2, 0) is 12.4 Å². The van der Waals surface area contributed by atoms with E-state index in [0.717, 1.165) is 11.3 Å². The predicted octanol–water partition coefficient (Wildman–Crippen LogP) is 4.31. The van der Waals surface area contributed by atoms with Crippen LogP contribution in [0.5, 0.6) is 5.75 Å². The van der Waals surface area contributed by atoms with Crippen LogP contribution >= 0.6 is 23.4 Å². The van der Waals surface area contributed by atoms with Gasteiger partial charge in [0.05, 0.1) is 5.69 Å². The molecule has 7 nitrogen and oxygen atoms in total. The van der Waals surface area contributed by atoms with Crippen LogP contribution in [-0.4, -0.2) is 19.9 Å². The Labute approximate surface area is 174 Å². The molecule has 0 saturated carbocycles. The minimum Gasteiger partial charge on any atom is -0.486 e. The van der Waals surface area contributed by atoms with E-state index in [2.05, 4.69) is 15.2 Å². The molecule has 2 aromatic heterocycles. The van der Waals surface area contributed by atoms with Gasteiger partial charge in [-0.25, -0.2) is 14.1 Å². The van der Waals surface area contributed by atoms with Gasteiger partial charge in [-0.1, -0.05) is 23.4 Å². The number of nitrogen functional groups attached to an aromatic ring is 1. The van der Waals surface area contributed by atoms with Gasteiger partial charge in [0, 0.05) is 16.3 Å². The van der Waals surface area contributed by atoms with Crippen molar-refractivity contribution in [3.05, 3.63) is 77.2 Å². The minimum atomic E-state index is -0.329. The van der Waals surface area contributed by atoms with Crippen LogP contribution in [0.15, 0.2) is 64.4 Å². The maximum atomic E-state index is 12.9. The molecule has 2 aromatic carbocycles. The lowest BCUT2D eigenvalue weighted by Crippen LogP contribution is -2.15. The molecule has 0 bridgehead atoms. The number of thioether (sulfide) groups is 1. The normalized spacial score (nSPS) is 11.0. The highest BCUT2D eigenvalue weighted by Crippen LogP contribution is 2.25. The molecule has 0 aliphatic rings. The Hall–Kier alpha value is -3.04. The van der Waals surface area contributed by atoms with E-state index in [1.165, 1.54) is 40.7 Å². The van der Waals surface area contributed by atoms with E-state index >= 15 is 0 Å². The lowest BCUT2D eigenvalue weighted by molar-refractivity contribution is 0.291. The van der Waals surface area contributed by atoms with E-state index in [4.69, 9.17) is 26.6 Å². The number of ether oxygens (including phenoxy) is 1. The van der Waals surface area contributed by atoms with Gasteiger partial charge in [-0.15, -0.1) is 10.2 Å². The molecule has 0 aliphatic carbocycles. The molecule has 0 aliphatic heterocycles. The first-order valence-electron chi connectivity index (χ1n) is 8.49. The van der Waals surface area contributed by atoms with Gasteiger partial charge in [-0.05, 0) is 48.5 Å². The third kappa shape index (κ3) is 4.69. The Morgan fingerprint density at radius 1 is 1.10 bits per heavy atom. The van der Waals surface area contributed by atoms with E-state index in [9.17, 15) is 4.39 Å². The van der Waals surface area contributed by atoms with Crippen LogP contribution < -0.4 is 10.6 Å². The van der Waals surface area contributed by atoms with E-state index in [-0.39, 0.29) is 12.4 Å². The number of nitrogens with zero attached hydrogens (tertiary/aromatic N) is 4. The molecule has 0 unspecified atom stereocenters. The third-order valence-electron chi connectivity index (χ3n) is 3.91. The van der Waals surface area contributed by atoms with Gasteiger partial charge in [0.25, 0.3) is 0 Å². The molecule has 10 heteroatoms. The zero-order chi connectivity index (χ0) is 20.2. The van der Waals surface area contributed by atoms with Gasteiger partial charge in [0.15, 0.2) is 5.82 Å². The van der Waals surface area contributed by atoms with Crippen molar-refractivity contribution in [1.29, 1.82) is 0 Å². The maximum absolute atomic E-state index is 12.9. The Kier molecular flexibility index (Phi) is 5.68. The number of nitrogens with two attached hydrogens (primary N) is 1.